The van der Waals surface area contributed by atoms with Crippen LogP contribution in [0.4, 0.5) is 0 Å². The second-order valence-electron chi connectivity index (χ2n) is 4.59. The van der Waals surface area contributed by atoms with Crippen molar-refractivity contribution in [3.63, 3.8) is 0 Å². The van der Waals surface area contributed by atoms with E-state index in [1.54, 1.807) is 0 Å². The number of nitrogens with zero attached hydrogens (tertiary/aromatic N) is 1. The Labute approximate surface area is 109 Å². The van der Waals surface area contributed by atoms with Gasteiger partial charge in [0.1, 0.15) is 0 Å². The molecule has 2 rings (SSSR count). The van der Waals surface area contributed by atoms with E-state index in [4.69, 9.17) is 10.8 Å². The van der Waals surface area contributed by atoms with Crippen molar-refractivity contribution in [1.82, 2.24) is 4.90 Å². The molecule has 3 heteroatoms. The quantitative estimate of drug-likeness (QED) is 0.758. The van der Waals surface area contributed by atoms with E-state index in [0.29, 0.717) is 12.6 Å². The Kier molecular flexibility index (Phi) is 4.77. The van der Waals surface area contributed by atoms with Crippen LogP contribution in [0.3, 0.4) is 0 Å². The number of nitrogens with two attached hydrogens (primary N) is 1. The second-order valence-corrected chi connectivity index (χ2v) is 4.59. The van der Waals surface area contributed by atoms with Crippen molar-refractivity contribution in [2.75, 3.05) is 19.7 Å². The highest BCUT2D eigenvalue weighted by molar-refractivity contribution is 5.41. The van der Waals surface area contributed by atoms with Gasteiger partial charge in [-0.3, -0.25) is 4.90 Å². The van der Waals surface area contributed by atoms with Crippen LogP contribution in [-0.4, -0.2) is 35.7 Å². The Morgan fingerprint density at radius 2 is 2.11 bits per heavy atom. The van der Waals surface area contributed by atoms with Gasteiger partial charge in [0, 0.05) is 24.7 Å². The maximum Gasteiger partial charge on any atom is 0.0558 e. The molecule has 1 aliphatic rings. The fraction of sp³-hybridized carbons (Fsp3) is 0.467. The van der Waals surface area contributed by atoms with E-state index >= 15 is 0 Å². The van der Waals surface area contributed by atoms with E-state index in [-0.39, 0.29) is 6.61 Å². The van der Waals surface area contributed by atoms with Gasteiger partial charge < -0.3 is 10.8 Å². The Balaban J connectivity index is 2.11. The summed E-state index contributed by atoms with van der Waals surface area (Å²) in [7, 11) is 0. The summed E-state index contributed by atoms with van der Waals surface area (Å²) in [6.45, 7) is 2.20. The minimum atomic E-state index is 0.215. The van der Waals surface area contributed by atoms with Gasteiger partial charge in [0.05, 0.1) is 13.2 Å². The second kappa shape index (κ2) is 6.55. The summed E-state index contributed by atoms with van der Waals surface area (Å²) in [6, 6.07) is 8.81. The molecule has 1 saturated carbocycles. The SMILES string of the molecule is NCC#Cc1ccccc1CN(CCO)C1CC1. The largest absolute Gasteiger partial charge is 0.395 e. The lowest BCUT2D eigenvalue weighted by atomic mass is 10.1. The zero-order valence-corrected chi connectivity index (χ0v) is 10.6. The van der Waals surface area contributed by atoms with Crippen LogP contribution in [0, 0.1) is 11.8 Å². The average molecular weight is 244 g/mol. The van der Waals surface area contributed by atoms with Gasteiger partial charge in [-0.15, -0.1) is 0 Å². The molecule has 0 radical (unpaired) electrons. The molecule has 0 heterocycles. The summed E-state index contributed by atoms with van der Waals surface area (Å²) in [6.07, 6.45) is 2.49. The Morgan fingerprint density at radius 1 is 1.33 bits per heavy atom. The molecule has 1 fully saturated rings. The monoisotopic (exact) mass is 244 g/mol. The van der Waals surface area contributed by atoms with Crippen LogP contribution in [0.2, 0.25) is 0 Å². The minimum Gasteiger partial charge on any atom is -0.395 e. The highest BCUT2D eigenvalue weighted by Gasteiger charge is 2.28. The first-order valence-electron chi connectivity index (χ1n) is 6.47. The summed E-state index contributed by atoms with van der Waals surface area (Å²) in [5, 5.41) is 9.12. The number of hydrogen-bond acceptors (Lipinski definition) is 3. The van der Waals surface area contributed by atoms with Gasteiger partial charge in [-0.1, -0.05) is 30.0 Å². The third-order valence-electron chi connectivity index (χ3n) is 3.17. The Morgan fingerprint density at radius 3 is 2.78 bits per heavy atom. The van der Waals surface area contributed by atoms with Crippen molar-refractivity contribution in [2.24, 2.45) is 5.73 Å². The van der Waals surface area contributed by atoms with Crippen LogP contribution in [-0.2, 0) is 6.54 Å². The van der Waals surface area contributed by atoms with Gasteiger partial charge in [-0.2, -0.15) is 0 Å². The molecule has 0 spiro atoms. The molecule has 3 nitrogen and oxygen atoms in total. The molecule has 0 bridgehead atoms. The van der Waals surface area contributed by atoms with Crippen LogP contribution in [0.1, 0.15) is 24.0 Å². The summed E-state index contributed by atoms with van der Waals surface area (Å²) < 4.78 is 0. The van der Waals surface area contributed by atoms with Crippen molar-refractivity contribution in [2.45, 2.75) is 25.4 Å². The zero-order valence-electron chi connectivity index (χ0n) is 10.6. The van der Waals surface area contributed by atoms with Gasteiger partial charge in [-0.05, 0) is 24.5 Å². The molecule has 0 saturated heterocycles. The third-order valence-corrected chi connectivity index (χ3v) is 3.17. The van der Waals surface area contributed by atoms with E-state index in [9.17, 15) is 0 Å². The minimum absolute atomic E-state index is 0.215. The van der Waals surface area contributed by atoms with E-state index in [1.165, 1.54) is 18.4 Å². The Bertz CT molecular complexity index is 443. The molecule has 3 N–H and O–H groups in total. The standard InChI is InChI=1S/C15H20N2O/c16-9-3-6-13-4-1-2-5-14(13)12-17(10-11-18)15-7-8-15/h1-2,4-5,15,18H,7-12,16H2. The van der Waals surface area contributed by atoms with Gasteiger partial charge in [0.25, 0.3) is 0 Å². The molecule has 0 amide bonds. The molecule has 96 valence electrons. The van der Waals surface area contributed by atoms with Gasteiger partial charge >= 0.3 is 0 Å². The predicted molar refractivity (Wildman–Crippen MR) is 72.9 cm³/mol. The molecule has 0 aliphatic heterocycles. The molecular formula is C15H20N2O. The first-order chi connectivity index (χ1) is 8.85. The fourth-order valence-corrected chi connectivity index (χ4v) is 2.10. The third kappa shape index (κ3) is 3.58. The topological polar surface area (TPSA) is 49.5 Å². The van der Waals surface area contributed by atoms with Crippen LogP contribution < -0.4 is 5.73 Å². The van der Waals surface area contributed by atoms with Crippen molar-refractivity contribution in [3.8, 4) is 11.8 Å². The molecular weight excluding hydrogens is 224 g/mol. The average Bonchev–Trinajstić information content (AvgIpc) is 3.21. The van der Waals surface area contributed by atoms with Gasteiger partial charge in [0.15, 0.2) is 0 Å². The van der Waals surface area contributed by atoms with E-state index < -0.39 is 0 Å². The van der Waals surface area contributed by atoms with Crippen molar-refractivity contribution in [1.29, 1.82) is 0 Å². The fourth-order valence-electron chi connectivity index (χ4n) is 2.10. The van der Waals surface area contributed by atoms with Crippen LogP contribution in [0.25, 0.3) is 0 Å². The highest BCUT2D eigenvalue weighted by atomic mass is 16.3. The number of aliphatic hydroxyl groups is 1. The van der Waals surface area contributed by atoms with Gasteiger partial charge in [0.2, 0.25) is 0 Å². The van der Waals surface area contributed by atoms with E-state index in [1.807, 2.05) is 18.2 Å². The van der Waals surface area contributed by atoms with Crippen LogP contribution in [0.5, 0.6) is 0 Å². The molecule has 0 atom stereocenters. The normalized spacial score (nSPS) is 14.4. The molecule has 1 aromatic rings. The zero-order chi connectivity index (χ0) is 12.8. The first-order valence-corrected chi connectivity index (χ1v) is 6.47. The molecule has 0 unspecified atom stereocenters. The van der Waals surface area contributed by atoms with E-state index in [0.717, 1.165) is 18.7 Å². The maximum atomic E-state index is 9.12. The van der Waals surface area contributed by atoms with Crippen LogP contribution >= 0.6 is 0 Å². The van der Waals surface area contributed by atoms with Crippen LogP contribution in [0.15, 0.2) is 24.3 Å². The number of rotatable bonds is 5. The van der Waals surface area contributed by atoms with E-state index in [2.05, 4.69) is 22.8 Å². The smallest absolute Gasteiger partial charge is 0.0558 e. The molecule has 1 aliphatic carbocycles. The lowest BCUT2D eigenvalue weighted by Crippen LogP contribution is -2.28. The molecule has 1 aromatic carbocycles. The summed E-state index contributed by atoms with van der Waals surface area (Å²) in [4.78, 5) is 2.34. The Hall–Kier alpha value is -1.34. The maximum absolute atomic E-state index is 9.12. The molecule has 0 aromatic heterocycles. The lowest BCUT2D eigenvalue weighted by Gasteiger charge is -2.21. The van der Waals surface area contributed by atoms with Crippen molar-refractivity contribution in [3.05, 3.63) is 35.4 Å². The predicted octanol–water partition coefficient (Wildman–Crippen LogP) is 0.953. The van der Waals surface area contributed by atoms with Gasteiger partial charge in [-0.25, -0.2) is 0 Å². The van der Waals surface area contributed by atoms with Crippen molar-refractivity contribution >= 4 is 0 Å². The number of hydrogen-bond donors (Lipinski definition) is 2. The number of aliphatic hydroxyl groups excluding tert-OH is 1. The summed E-state index contributed by atoms with van der Waals surface area (Å²) in [5.41, 5.74) is 7.69. The summed E-state index contributed by atoms with van der Waals surface area (Å²) >= 11 is 0. The lowest BCUT2D eigenvalue weighted by molar-refractivity contribution is 0.183. The highest BCUT2D eigenvalue weighted by Crippen LogP contribution is 2.28. The van der Waals surface area contributed by atoms with Crippen molar-refractivity contribution < 1.29 is 5.11 Å². The number of benzene rings is 1. The first kappa shape index (κ1) is 13.1. The molecule has 18 heavy (non-hydrogen) atoms. The summed E-state index contributed by atoms with van der Waals surface area (Å²) in [5.74, 6) is 6.02.